The highest BCUT2D eigenvalue weighted by Crippen LogP contribution is 2.06. The first-order valence-corrected chi connectivity index (χ1v) is 5.45. The molecular formula is C13H17N3O. The molecule has 0 aromatic heterocycles. The first-order chi connectivity index (χ1) is 8.04. The van der Waals surface area contributed by atoms with Gasteiger partial charge in [-0.15, -0.1) is 0 Å². The number of carbonyl (C=O) groups excluding carboxylic acids is 1. The molecule has 0 fully saturated rings. The predicted molar refractivity (Wildman–Crippen MR) is 66.7 cm³/mol. The van der Waals surface area contributed by atoms with Gasteiger partial charge in [-0.1, -0.05) is 0 Å². The van der Waals surface area contributed by atoms with Gasteiger partial charge in [0, 0.05) is 25.7 Å². The van der Waals surface area contributed by atoms with E-state index in [-0.39, 0.29) is 5.91 Å². The van der Waals surface area contributed by atoms with E-state index in [1.165, 1.54) is 0 Å². The van der Waals surface area contributed by atoms with Crippen LogP contribution in [0.15, 0.2) is 24.3 Å². The van der Waals surface area contributed by atoms with E-state index in [4.69, 9.17) is 5.26 Å². The minimum atomic E-state index is -0.0173. The standard InChI is InChI=1S/C13H17N3O/c1-15(2)8-9-16(3)13(17)12-6-4-11(10-14)5-7-12/h4-7H,8-9H2,1-3H3. The molecule has 0 saturated carbocycles. The van der Waals surface area contributed by atoms with Gasteiger partial charge in [-0.3, -0.25) is 4.79 Å². The number of hydrogen-bond donors (Lipinski definition) is 0. The number of nitrogens with zero attached hydrogens (tertiary/aromatic N) is 3. The Balaban J connectivity index is 2.65. The summed E-state index contributed by atoms with van der Waals surface area (Å²) in [5.41, 5.74) is 1.18. The highest BCUT2D eigenvalue weighted by molar-refractivity contribution is 5.94. The highest BCUT2D eigenvalue weighted by Gasteiger charge is 2.11. The third kappa shape index (κ3) is 3.89. The van der Waals surface area contributed by atoms with Crippen LogP contribution >= 0.6 is 0 Å². The Morgan fingerprint density at radius 2 is 1.76 bits per heavy atom. The number of nitriles is 1. The second kappa shape index (κ2) is 6.02. The van der Waals surface area contributed by atoms with E-state index in [0.717, 1.165) is 6.54 Å². The summed E-state index contributed by atoms with van der Waals surface area (Å²) in [4.78, 5) is 15.7. The Kier molecular flexibility index (Phi) is 4.68. The molecule has 0 aliphatic carbocycles. The van der Waals surface area contributed by atoms with Gasteiger partial charge in [0.1, 0.15) is 0 Å². The fourth-order valence-electron chi connectivity index (χ4n) is 1.36. The zero-order valence-electron chi connectivity index (χ0n) is 10.5. The Morgan fingerprint density at radius 3 is 2.24 bits per heavy atom. The third-order valence-electron chi connectivity index (χ3n) is 2.49. The number of amides is 1. The summed E-state index contributed by atoms with van der Waals surface area (Å²) in [5, 5.41) is 8.67. The van der Waals surface area contributed by atoms with E-state index < -0.39 is 0 Å². The van der Waals surface area contributed by atoms with Crippen molar-refractivity contribution in [2.75, 3.05) is 34.2 Å². The minimum Gasteiger partial charge on any atom is -0.340 e. The van der Waals surface area contributed by atoms with E-state index >= 15 is 0 Å². The average molecular weight is 231 g/mol. The second-order valence-corrected chi connectivity index (χ2v) is 4.22. The summed E-state index contributed by atoms with van der Waals surface area (Å²) in [7, 11) is 5.73. The lowest BCUT2D eigenvalue weighted by Gasteiger charge is -2.19. The fourth-order valence-corrected chi connectivity index (χ4v) is 1.36. The van der Waals surface area contributed by atoms with Crippen molar-refractivity contribution in [1.29, 1.82) is 5.26 Å². The number of benzene rings is 1. The summed E-state index contributed by atoms with van der Waals surface area (Å²) >= 11 is 0. The van der Waals surface area contributed by atoms with Crippen molar-refractivity contribution < 1.29 is 4.79 Å². The van der Waals surface area contributed by atoms with Gasteiger partial charge in [0.15, 0.2) is 0 Å². The van der Waals surface area contributed by atoms with Crippen molar-refractivity contribution in [2.45, 2.75) is 0 Å². The molecular weight excluding hydrogens is 214 g/mol. The molecule has 0 aliphatic rings. The topological polar surface area (TPSA) is 47.3 Å². The zero-order valence-corrected chi connectivity index (χ0v) is 10.5. The predicted octanol–water partition coefficient (Wildman–Crippen LogP) is 1.19. The van der Waals surface area contributed by atoms with E-state index in [1.54, 1.807) is 36.2 Å². The van der Waals surface area contributed by atoms with Crippen LogP contribution in [0.2, 0.25) is 0 Å². The molecule has 1 aromatic rings. The van der Waals surface area contributed by atoms with E-state index in [0.29, 0.717) is 17.7 Å². The Morgan fingerprint density at radius 1 is 1.18 bits per heavy atom. The van der Waals surface area contributed by atoms with E-state index in [9.17, 15) is 4.79 Å². The fraction of sp³-hybridized carbons (Fsp3) is 0.385. The Labute approximate surface area is 102 Å². The normalized spacial score (nSPS) is 10.1. The van der Waals surface area contributed by atoms with Crippen LogP contribution in [0.1, 0.15) is 15.9 Å². The molecule has 0 unspecified atom stereocenters. The van der Waals surface area contributed by atoms with Crippen LogP contribution in [-0.2, 0) is 0 Å². The van der Waals surface area contributed by atoms with Gasteiger partial charge < -0.3 is 9.80 Å². The Bertz CT molecular complexity index is 417. The Hall–Kier alpha value is -1.86. The number of rotatable bonds is 4. The molecule has 4 nitrogen and oxygen atoms in total. The van der Waals surface area contributed by atoms with Crippen LogP contribution in [0, 0.1) is 11.3 Å². The van der Waals surface area contributed by atoms with Crippen LogP contribution in [0.4, 0.5) is 0 Å². The van der Waals surface area contributed by atoms with Crippen LogP contribution in [0.5, 0.6) is 0 Å². The molecule has 0 bridgehead atoms. The molecule has 0 N–H and O–H groups in total. The summed E-state index contributed by atoms with van der Waals surface area (Å²) in [6, 6.07) is 8.73. The molecule has 0 heterocycles. The molecule has 0 atom stereocenters. The molecule has 1 aromatic carbocycles. The monoisotopic (exact) mass is 231 g/mol. The minimum absolute atomic E-state index is 0.0173. The lowest BCUT2D eigenvalue weighted by Crippen LogP contribution is -2.33. The van der Waals surface area contributed by atoms with Crippen molar-refractivity contribution in [1.82, 2.24) is 9.80 Å². The smallest absolute Gasteiger partial charge is 0.253 e. The summed E-state index contributed by atoms with van der Waals surface area (Å²) in [6.07, 6.45) is 0. The maximum Gasteiger partial charge on any atom is 0.253 e. The summed E-state index contributed by atoms with van der Waals surface area (Å²) < 4.78 is 0. The third-order valence-corrected chi connectivity index (χ3v) is 2.49. The molecule has 0 radical (unpaired) electrons. The summed E-state index contributed by atoms with van der Waals surface area (Å²) in [5.74, 6) is -0.0173. The van der Waals surface area contributed by atoms with E-state index in [1.807, 2.05) is 25.1 Å². The van der Waals surface area contributed by atoms with Crippen molar-refractivity contribution >= 4 is 5.91 Å². The lowest BCUT2D eigenvalue weighted by molar-refractivity contribution is 0.0786. The molecule has 1 amide bonds. The van der Waals surface area contributed by atoms with Crippen LogP contribution < -0.4 is 0 Å². The van der Waals surface area contributed by atoms with Gasteiger partial charge in [0.2, 0.25) is 0 Å². The van der Waals surface area contributed by atoms with Gasteiger partial charge >= 0.3 is 0 Å². The van der Waals surface area contributed by atoms with Gasteiger partial charge in [-0.25, -0.2) is 0 Å². The average Bonchev–Trinajstić information content (AvgIpc) is 2.35. The van der Waals surface area contributed by atoms with Crippen LogP contribution in [0.3, 0.4) is 0 Å². The first kappa shape index (κ1) is 13.2. The maximum absolute atomic E-state index is 12.0. The lowest BCUT2D eigenvalue weighted by atomic mass is 10.1. The first-order valence-electron chi connectivity index (χ1n) is 5.45. The van der Waals surface area contributed by atoms with Crippen LogP contribution in [-0.4, -0.2) is 49.9 Å². The maximum atomic E-state index is 12.0. The van der Waals surface area contributed by atoms with E-state index in [2.05, 4.69) is 0 Å². The van der Waals surface area contributed by atoms with Crippen molar-refractivity contribution in [3.8, 4) is 6.07 Å². The van der Waals surface area contributed by atoms with Gasteiger partial charge in [-0.2, -0.15) is 5.26 Å². The zero-order chi connectivity index (χ0) is 12.8. The second-order valence-electron chi connectivity index (χ2n) is 4.22. The van der Waals surface area contributed by atoms with Gasteiger partial charge in [0.25, 0.3) is 5.91 Å². The molecule has 0 aliphatic heterocycles. The molecule has 17 heavy (non-hydrogen) atoms. The highest BCUT2D eigenvalue weighted by atomic mass is 16.2. The molecule has 1 rings (SSSR count). The van der Waals surface area contributed by atoms with Crippen LogP contribution in [0.25, 0.3) is 0 Å². The number of likely N-dealkylation sites (N-methyl/N-ethyl adjacent to an activating group) is 2. The number of hydrogen-bond acceptors (Lipinski definition) is 3. The molecule has 0 saturated heterocycles. The van der Waals surface area contributed by atoms with Crippen molar-refractivity contribution in [3.05, 3.63) is 35.4 Å². The quantitative estimate of drug-likeness (QED) is 0.782. The van der Waals surface area contributed by atoms with Gasteiger partial charge in [0.05, 0.1) is 11.6 Å². The molecule has 0 spiro atoms. The number of carbonyl (C=O) groups is 1. The SMILES string of the molecule is CN(C)CCN(C)C(=O)c1ccc(C#N)cc1. The molecule has 90 valence electrons. The van der Waals surface area contributed by atoms with Crippen molar-refractivity contribution in [2.24, 2.45) is 0 Å². The molecule has 4 heteroatoms. The van der Waals surface area contributed by atoms with Gasteiger partial charge in [-0.05, 0) is 38.4 Å². The summed E-state index contributed by atoms with van der Waals surface area (Å²) in [6.45, 7) is 1.52. The van der Waals surface area contributed by atoms with Crippen molar-refractivity contribution in [3.63, 3.8) is 0 Å². The largest absolute Gasteiger partial charge is 0.340 e.